The molecule has 5 rings (SSSR count). The number of fused-ring (bicyclic) bond motifs is 2. The largest absolute Gasteiger partial charge is 0.493 e. The van der Waals surface area contributed by atoms with Crippen molar-refractivity contribution < 1.29 is 18.7 Å². The number of ether oxygens (including phenoxy) is 2. The van der Waals surface area contributed by atoms with Crippen molar-refractivity contribution in [3.05, 3.63) is 29.6 Å². The molecule has 0 aromatic heterocycles. The van der Waals surface area contributed by atoms with Gasteiger partial charge in [0, 0.05) is 17.6 Å². The zero-order valence-electron chi connectivity index (χ0n) is 14.6. The van der Waals surface area contributed by atoms with Gasteiger partial charge < -0.3 is 14.8 Å². The summed E-state index contributed by atoms with van der Waals surface area (Å²) in [7, 11) is 0. The molecule has 2 saturated heterocycles. The lowest BCUT2D eigenvalue weighted by Crippen LogP contribution is -2.68. The number of nitriles is 1. The molecule has 1 aromatic rings. The van der Waals surface area contributed by atoms with Gasteiger partial charge in [-0.05, 0) is 37.5 Å². The van der Waals surface area contributed by atoms with Crippen LogP contribution in [0, 0.1) is 39.3 Å². The highest BCUT2D eigenvalue weighted by atomic mass is 19.1. The minimum Gasteiger partial charge on any atom is -0.493 e. The average Bonchev–Trinajstić information content (AvgIpc) is 3.47. The number of guanidine groups is 1. The topological polar surface area (TPSA) is 107 Å². The van der Waals surface area contributed by atoms with Crippen molar-refractivity contribution in [2.24, 2.45) is 16.7 Å². The van der Waals surface area contributed by atoms with Crippen LogP contribution in [0.5, 0.6) is 5.75 Å². The fourth-order valence-electron chi connectivity index (χ4n) is 4.67. The van der Waals surface area contributed by atoms with Crippen LogP contribution in [0.2, 0.25) is 0 Å². The first-order valence-corrected chi connectivity index (χ1v) is 9.03. The van der Waals surface area contributed by atoms with Crippen molar-refractivity contribution in [1.82, 2.24) is 10.6 Å². The zero-order valence-corrected chi connectivity index (χ0v) is 14.6. The first kappa shape index (κ1) is 16.5. The van der Waals surface area contributed by atoms with E-state index in [1.54, 1.807) is 12.1 Å². The molecular formula is C19H19FN4O3. The Kier molecular flexibility index (Phi) is 3.18. The SMILES string of the molecule is N#CC12CC1(COc1ccc(F)c(C34COCCC3C(=O)NC(=N)N4)c1)C2. The number of benzene rings is 1. The molecule has 2 saturated carbocycles. The smallest absolute Gasteiger partial charge is 0.232 e. The summed E-state index contributed by atoms with van der Waals surface area (Å²) < 4.78 is 26.2. The maximum atomic E-state index is 14.8. The molecule has 7 nitrogen and oxygen atoms in total. The van der Waals surface area contributed by atoms with Crippen molar-refractivity contribution in [3.8, 4) is 11.8 Å². The Hall–Kier alpha value is -2.66. The summed E-state index contributed by atoms with van der Waals surface area (Å²) >= 11 is 0. The molecule has 4 aliphatic rings. The zero-order chi connectivity index (χ0) is 18.9. The third-order valence-electron chi connectivity index (χ3n) is 6.58. The molecule has 3 N–H and O–H groups in total. The quantitative estimate of drug-likeness (QED) is 0.743. The van der Waals surface area contributed by atoms with Gasteiger partial charge in [0.1, 0.15) is 17.1 Å². The van der Waals surface area contributed by atoms with Crippen molar-refractivity contribution >= 4 is 11.9 Å². The van der Waals surface area contributed by atoms with E-state index in [0.717, 1.165) is 12.8 Å². The van der Waals surface area contributed by atoms with E-state index in [1.165, 1.54) is 6.07 Å². The van der Waals surface area contributed by atoms with Gasteiger partial charge in [-0.2, -0.15) is 5.26 Å². The van der Waals surface area contributed by atoms with Crippen LogP contribution in [0.4, 0.5) is 4.39 Å². The van der Waals surface area contributed by atoms with Crippen molar-refractivity contribution in [2.75, 3.05) is 19.8 Å². The summed E-state index contributed by atoms with van der Waals surface area (Å²) in [6, 6.07) is 6.81. The number of carbonyl (C=O) groups is 1. The summed E-state index contributed by atoms with van der Waals surface area (Å²) in [4.78, 5) is 12.4. The van der Waals surface area contributed by atoms with E-state index in [2.05, 4.69) is 16.7 Å². The number of nitrogens with zero attached hydrogens (tertiary/aromatic N) is 1. The summed E-state index contributed by atoms with van der Waals surface area (Å²) in [5.41, 5.74) is -1.10. The fourth-order valence-corrected chi connectivity index (χ4v) is 4.67. The standard InChI is InChI=1S/C19H19FN4O3/c20-14-2-1-11(27-9-18-6-17(18,7-18)8-21)5-13(14)19-10-26-4-3-12(19)15(25)23-16(22)24-19/h1-2,5,12H,3-4,6-7,9-10H2,(H3,22,23,24,25). The Morgan fingerprint density at radius 3 is 3.00 bits per heavy atom. The Labute approximate surface area is 155 Å². The molecule has 2 atom stereocenters. The van der Waals surface area contributed by atoms with E-state index in [0.29, 0.717) is 25.4 Å². The molecule has 0 spiro atoms. The van der Waals surface area contributed by atoms with Crippen LogP contribution in [0.3, 0.4) is 0 Å². The number of nitrogens with one attached hydrogen (secondary N) is 3. The molecule has 2 aliphatic heterocycles. The summed E-state index contributed by atoms with van der Waals surface area (Å²) in [5.74, 6) is -0.996. The molecule has 8 heteroatoms. The van der Waals surface area contributed by atoms with E-state index in [1.807, 2.05) is 0 Å². The van der Waals surface area contributed by atoms with Crippen LogP contribution in [0.1, 0.15) is 24.8 Å². The first-order chi connectivity index (χ1) is 12.9. The molecule has 1 aromatic carbocycles. The number of carbonyl (C=O) groups excluding carboxylic acids is 1. The molecule has 2 unspecified atom stereocenters. The second-order valence-electron chi connectivity index (χ2n) is 8.11. The van der Waals surface area contributed by atoms with Crippen molar-refractivity contribution in [1.29, 1.82) is 10.7 Å². The summed E-state index contributed by atoms with van der Waals surface area (Å²) in [6.07, 6.45) is 2.16. The number of hydrogen-bond donors (Lipinski definition) is 3. The van der Waals surface area contributed by atoms with Gasteiger partial charge in [0.05, 0.1) is 30.6 Å². The normalized spacial score (nSPS) is 38.6. The van der Waals surface area contributed by atoms with Gasteiger partial charge in [-0.15, -0.1) is 0 Å². The van der Waals surface area contributed by atoms with Crippen LogP contribution < -0.4 is 15.4 Å². The molecule has 0 radical (unpaired) electrons. The van der Waals surface area contributed by atoms with Crippen molar-refractivity contribution in [3.63, 3.8) is 0 Å². The highest BCUT2D eigenvalue weighted by Crippen LogP contribution is 2.85. The van der Waals surface area contributed by atoms with Crippen molar-refractivity contribution in [2.45, 2.75) is 24.8 Å². The highest BCUT2D eigenvalue weighted by molar-refractivity contribution is 6.00. The lowest BCUT2D eigenvalue weighted by molar-refractivity contribution is -0.134. The second kappa shape index (κ2) is 5.20. The summed E-state index contributed by atoms with van der Waals surface area (Å²) in [5, 5.41) is 22.5. The van der Waals surface area contributed by atoms with Crippen LogP contribution >= 0.6 is 0 Å². The highest BCUT2D eigenvalue weighted by Gasteiger charge is 2.84. The van der Waals surface area contributed by atoms with Crippen LogP contribution in [0.25, 0.3) is 0 Å². The molecule has 1 amide bonds. The Bertz CT molecular complexity index is 905. The second-order valence-corrected chi connectivity index (χ2v) is 8.11. The third-order valence-corrected chi connectivity index (χ3v) is 6.58. The molecule has 27 heavy (non-hydrogen) atoms. The molecular weight excluding hydrogens is 351 g/mol. The number of hydrogen-bond acceptors (Lipinski definition) is 5. The fraction of sp³-hybridized carbons (Fsp3) is 0.526. The maximum absolute atomic E-state index is 14.8. The summed E-state index contributed by atoms with van der Waals surface area (Å²) in [6.45, 7) is 0.934. The van der Waals surface area contributed by atoms with Crippen LogP contribution in [-0.2, 0) is 15.1 Å². The van der Waals surface area contributed by atoms with Gasteiger partial charge in [0.2, 0.25) is 5.91 Å². The predicted molar refractivity (Wildman–Crippen MR) is 91.2 cm³/mol. The Morgan fingerprint density at radius 1 is 1.44 bits per heavy atom. The Balaban J connectivity index is 1.45. The Morgan fingerprint density at radius 2 is 2.26 bits per heavy atom. The van der Waals surface area contributed by atoms with E-state index in [9.17, 15) is 9.18 Å². The van der Waals surface area contributed by atoms with E-state index in [4.69, 9.17) is 20.1 Å². The monoisotopic (exact) mass is 370 g/mol. The average molecular weight is 370 g/mol. The van der Waals surface area contributed by atoms with Gasteiger partial charge in [-0.25, -0.2) is 4.39 Å². The molecule has 2 heterocycles. The number of halogens is 1. The van der Waals surface area contributed by atoms with E-state index < -0.39 is 17.3 Å². The molecule has 2 aliphatic carbocycles. The van der Waals surface area contributed by atoms with Gasteiger partial charge in [-0.1, -0.05) is 0 Å². The van der Waals surface area contributed by atoms with E-state index in [-0.39, 0.29) is 34.9 Å². The maximum Gasteiger partial charge on any atom is 0.232 e. The number of amides is 1. The van der Waals surface area contributed by atoms with Gasteiger partial charge in [0.15, 0.2) is 5.96 Å². The van der Waals surface area contributed by atoms with Crippen LogP contribution in [-0.4, -0.2) is 31.7 Å². The minimum absolute atomic E-state index is 0.0316. The van der Waals surface area contributed by atoms with Gasteiger partial charge >= 0.3 is 0 Å². The number of rotatable bonds is 4. The molecule has 140 valence electrons. The third kappa shape index (κ3) is 2.21. The molecule has 0 bridgehead atoms. The van der Waals surface area contributed by atoms with Gasteiger partial charge in [-0.3, -0.25) is 15.5 Å². The van der Waals surface area contributed by atoms with Crippen LogP contribution in [0.15, 0.2) is 18.2 Å². The minimum atomic E-state index is -1.13. The predicted octanol–water partition coefficient (Wildman–Crippen LogP) is 1.39. The van der Waals surface area contributed by atoms with E-state index >= 15 is 0 Å². The van der Waals surface area contributed by atoms with Gasteiger partial charge in [0.25, 0.3) is 0 Å². The lowest BCUT2D eigenvalue weighted by atomic mass is 9.73. The molecule has 4 fully saturated rings. The first-order valence-electron chi connectivity index (χ1n) is 9.03. The lowest BCUT2D eigenvalue weighted by Gasteiger charge is -2.47.